The Kier molecular flexibility index (Phi) is 2.66. The van der Waals surface area contributed by atoms with Gasteiger partial charge in [-0.05, 0) is 6.08 Å². The van der Waals surface area contributed by atoms with Crippen LogP contribution >= 0.6 is 0 Å². The first kappa shape index (κ1) is 11.6. The highest BCUT2D eigenvalue weighted by Gasteiger charge is 2.24. The van der Waals surface area contributed by atoms with E-state index >= 15 is 0 Å². The first-order chi connectivity index (χ1) is 9.15. The molecule has 7 heteroatoms. The zero-order chi connectivity index (χ0) is 13.4. The smallest absolute Gasteiger partial charge is 0.303 e. The highest BCUT2D eigenvalue weighted by atomic mass is 16.5. The molecule has 0 bridgehead atoms. The Morgan fingerprint density at radius 2 is 2.26 bits per heavy atom. The number of imidazole rings is 1. The number of nitrogens with zero attached hydrogens (tertiary/aromatic N) is 4. The second-order valence-electron chi connectivity index (χ2n) is 4.42. The van der Waals surface area contributed by atoms with Gasteiger partial charge in [-0.25, -0.2) is 15.0 Å². The zero-order valence-corrected chi connectivity index (χ0v) is 10.4. The predicted octanol–water partition coefficient (Wildman–Crippen LogP) is 0.841. The third-order valence-electron chi connectivity index (χ3n) is 3.08. The summed E-state index contributed by atoms with van der Waals surface area (Å²) in [4.78, 5) is 23.3. The van der Waals surface area contributed by atoms with E-state index in [1.165, 1.54) is 13.3 Å². The third-order valence-corrected chi connectivity index (χ3v) is 3.08. The number of hydrogen-bond donors (Lipinski definition) is 1. The van der Waals surface area contributed by atoms with Gasteiger partial charge in [0, 0.05) is 13.3 Å². The number of allylic oxidation sites excluding steroid dienone is 1. The van der Waals surface area contributed by atoms with Crippen molar-refractivity contribution in [3.63, 3.8) is 0 Å². The summed E-state index contributed by atoms with van der Waals surface area (Å²) >= 11 is 0. The lowest BCUT2D eigenvalue weighted by Gasteiger charge is -2.13. The van der Waals surface area contributed by atoms with Gasteiger partial charge < -0.3 is 15.0 Å². The second kappa shape index (κ2) is 4.34. The Balaban J connectivity index is 1.89. The van der Waals surface area contributed by atoms with E-state index in [1.807, 2.05) is 16.7 Å². The molecule has 1 aliphatic rings. The summed E-state index contributed by atoms with van der Waals surface area (Å²) in [6, 6.07) is 0.0589. The number of esters is 1. The van der Waals surface area contributed by atoms with Gasteiger partial charge >= 0.3 is 5.97 Å². The van der Waals surface area contributed by atoms with Crippen LogP contribution in [0.4, 0.5) is 5.82 Å². The molecule has 1 aliphatic carbocycles. The van der Waals surface area contributed by atoms with Crippen molar-refractivity contribution in [3.8, 4) is 0 Å². The van der Waals surface area contributed by atoms with Gasteiger partial charge in [-0.1, -0.05) is 6.08 Å². The summed E-state index contributed by atoms with van der Waals surface area (Å²) in [6.07, 6.45) is 7.43. The summed E-state index contributed by atoms with van der Waals surface area (Å²) in [6.45, 7) is 1.40. The fourth-order valence-corrected chi connectivity index (χ4v) is 2.27. The highest BCUT2D eigenvalue weighted by Crippen LogP contribution is 2.28. The molecule has 98 valence electrons. The molecule has 0 spiro atoms. The van der Waals surface area contributed by atoms with E-state index in [4.69, 9.17) is 10.5 Å². The van der Waals surface area contributed by atoms with Crippen LogP contribution in [0.25, 0.3) is 11.2 Å². The molecule has 2 aromatic rings. The molecule has 7 nitrogen and oxygen atoms in total. The predicted molar refractivity (Wildman–Crippen MR) is 68.1 cm³/mol. The van der Waals surface area contributed by atoms with Crippen LogP contribution < -0.4 is 5.73 Å². The fraction of sp³-hybridized carbons (Fsp3) is 0.333. The number of anilines is 1. The molecule has 2 atom stereocenters. The topological polar surface area (TPSA) is 95.9 Å². The van der Waals surface area contributed by atoms with Crippen molar-refractivity contribution in [1.29, 1.82) is 0 Å². The summed E-state index contributed by atoms with van der Waals surface area (Å²) in [5.74, 6) is 0.0830. The maximum Gasteiger partial charge on any atom is 0.303 e. The number of fused-ring (bicyclic) bond motifs is 1. The number of ether oxygens (including phenoxy) is 1. The molecule has 19 heavy (non-hydrogen) atoms. The van der Waals surface area contributed by atoms with Crippen molar-refractivity contribution < 1.29 is 9.53 Å². The van der Waals surface area contributed by atoms with Gasteiger partial charge in [0.2, 0.25) is 0 Å². The fourth-order valence-electron chi connectivity index (χ4n) is 2.27. The second-order valence-corrected chi connectivity index (χ2v) is 4.42. The van der Waals surface area contributed by atoms with E-state index in [-0.39, 0.29) is 18.1 Å². The van der Waals surface area contributed by atoms with Crippen molar-refractivity contribution in [2.75, 3.05) is 5.73 Å². The lowest BCUT2D eigenvalue weighted by atomic mass is 10.2. The van der Waals surface area contributed by atoms with Crippen LogP contribution in [0.3, 0.4) is 0 Å². The first-order valence-electron chi connectivity index (χ1n) is 5.93. The van der Waals surface area contributed by atoms with Gasteiger partial charge in [-0.15, -0.1) is 0 Å². The van der Waals surface area contributed by atoms with Crippen LogP contribution in [0.1, 0.15) is 19.4 Å². The lowest BCUT2D eigenvalue weighted by Crippen LogP contribution is -2.14. The van der Waals surface area contributed by atoms with Crippen LogP contribution in [-0.4, -0.2) is 31.6 Å². The van der Waals surface area contributed by atoms with E-state index in [0.717, 1.165) is 0 Å². The number of nitrogen functional groups attached to an aromatic ring is 1. The molecule has 0 fully saturated rings. The molecule has 0 radical (unpaired) electrons. The number of hydrogen-bond acceptors (Lipinski definition) is 6. The summed E-state index contributed by atoms with van der Waals surface area (Å²) in [5, 5.41) is 0. The minimum Gasteiger partial charge on any atom is -0.458 e. The minimum atomic E-state index is -0.280. The molecule has 0 aromatic carbocycles. The largest absolute Gasteiger partial charge is 0.458 e. The molecule has 2 aromatic heterocycles. The van der Waals surface area contributed by atoms with Crippen molar-refractivity contribution in [2.45, 2.75) is 25.5 Å². The third kappa shape index (κ3) is 2.03. The molecule has 2 N–H and O–H groups in total. The van der Waals surface area contributed by atoms with Crippen LogP contribution in [0.2, 0.25) is 0 Å². The van der Waals surface area contributed by atoms with Gasteiger partial charge in [-0.2, -0.15) is 0 Å². The number of carbonyl (C=O) groups excluding carboxylic acids is 1. The molecular weight excluding hydrogens is 246 g/mol. The number of aromatic nitrogens is 4. The van der Waals surface area contributed by atoms with Crippen molar-refractivity contribution in [2.24, 2.45) is 0 Å². The Morgan fingerprint density at radius 3 is 3.05 bits per heavy atom. The van der Waals surface area contributed by atoms with Gasteiger partial charge in [0.25, 0.3) is 0 Å². The normalized spacial score (nSPS) is 21.9. The van der Waals surface area contributed by atoms with Crippen molar-refractivity contribution in [3.05, 3.63) is 24.8 Å². The Labute approximate surface area is 109 Å². The van der Waals surface area contributed by atoms with Crippen LogP contribution in [0.15, 0.2) is 24.8 Å². The summed E-state index contributed by atoms with van der Waals surface area (Å²) in [5.41, 5.74) is 7.02. The summed E-state index contributed by atoms with van der Waals surface area (Å²) in [7, 11) is 0. The van der Waals surface area contributed by atoms with Crippen molar-refractivity contribution in [1.82, 2.24) is 19.5 Å². The Morgan fingerprint density at radius 1 is 1.42 bits per heavy atom. The lowest BCUT2D eigenvalue weighted by molar-refractivity contribution is -0.144. The van der Waals surface area contributed by atoms with Gasteiger partial charge in [0.1, 0.15) is 17.9 Å². The van der Waals surface area contributed by atoms with E-state index < -0.39 is 0 Å². The number of nitrogens with two attached hydrogens (primary N) is 1. The minimum absolute atomic E-state index is 0.0589. The van der Waals surface area contributed by atoms with Gasteiger partial charge in [-0.3, -0.25) is 4.79 Å². The van der Waals surface area contributed by atoms with E-state index in [0.29, 0.717) is 23.4 Å². The standard InChI is InChI=1S/C12H13N5O2/c1-7(18)19-9-3-2-8(4-9)17-6-16-10-11(13)14-5-15-12(10)17/h2-3,5-6,8-9H,4H2,1H3,(H2,13,14,15)/t8-,9-/m0/s1. The first-order valence-corrected chi connectivity index (χ1v) is 5.93. The zero-order valence-electron chi connectivity index (χ0n) is 10.4. The Bertz CT molecular complexity index is 663. The molecule has 0 amide bonds. The van der Waals surface area contributed by atoms with Crippen molar-refractivity contribution >= 4 is 23.0 Å². The SMILES string of the molecule is CC(=O)O[C@H]1C=C[C@H](n2cnc3c(N)ncnc32)C1. The number of rotatable bonds is 2. The Hall–Kier alpha value is -2.44. The van der Waals surface area contributed by atoms with E-state index in [9.17, 15) is 4.79 Å². The van der Waals surface area contributed by atoms with Gasteiger partial charge in [0.05, 0.1) is 12.4 Å². The molecular formula is C12H13N5O2. The van der Waals surface area contributed by atoms with Crippen LogP contribution in [-0.2, 0) is 9.53 Å². The quantitative estimate of drug-likeness (QED) is 0.634. The van der Waals surface area contributed by atoms with Crippen LogP contribution in [0.5, 0.6) is 0 Å². The van der Waals surface area contributed by atoms with Gasteiger partial charge in [0.15, 0.2) is 11.5 Å². The van der Waals surface area contributed by atoms with Crippen LogP contribution in [0, 0.1) is 0 Å². The molecule has 0 saturated carbocycles. The average Bonchev–Trinajstić information content (AvgIpc) is 2.95. The maximum atomic E-state index is 10.9. The molecule has 0 saturated heterocycles. The molecule has 0 unspecified atom stereocenters. The summed E-state index contributed by atoms with van der Waals surface area (Å²) < 4.78 is 7.07. The molecule has 3 rings (SSSR count). The van der Waals surface area contributed by atoms with E-state index in [2.05, 4.69) is 15.0 Å². The molecule has 0 aliphatic heterocycles. The number of carbonyl (C=O) groups is 1. The highest BCUT2D eigenvalue weighted by molar-refractivity contribution is 5.81. The maximum absolute atomic E-state index is 10.9. The average molecular weight is 259 g/mol. The van der Waals surface area contributed by atoms with E-state index in [1.54, 1.807) is 6.33 Å². The monoisotopic (exact) mass is 259 g/mol. The molecule has 2 heterocycles.